The fourth-order valence-corrected chi connectivity index (χ4v) is 3.55. The molecule has 2 heterocycles. The summed E-state index contributed by atoms with van der Waals surface area (Å²) in [6, 6.07) is 5.56. The summed E-state index contributed by atoms with van der Waals surface area (Å²) in [5.74, 6) is 0.275. The number of methoxy groups -OCH3 is 1. The van der Waals surface area contributed by atoms with Crippen LogP contribution in [-0.2, 0) is 14.3 Å². The Hall–Kier alpha value is -1.57. The molecule has 0 spiro atoms. The average Bonchev–Trinajstić information content (AvgIpc) is 2.55. The fourth-order valence-electron chi connectivity index (χ4n) is 2.76. The molecule has 0 unspecified atom stereocenters. The standard InChI is InChI=1S/C15H19N3O3S/c1-21-15(4-6-16-7-5-15)14(20)17-10-2-3-12-11(8-10)18-13(19)9-22-12/h2-3,8,16H,4-7,9H2,1H3,(H,17,20)(H,18,19). The summed E-state index contributed by atoms with van der Waals surface area (Å²) in [5, 5.41) is 8.97. The maximum Gasteiger partial charge on any atom is 0.256 e. The van der Waals surface area contributed by atoms with Crippen LogP contribution in [-0.4, -0.2) is 43.4 Å². The van der Waals surface area contributed by atoms with E-state index in [4.69, 9.17) is 4.74 Å². The van der Waals surface area contributed by atoms with Crippen LogP contribution in [0.5, 0.6) is 0 Å². The number of hydrogen-bond acceptors (Lipinski definition) is 5. The number of carbonyl (C=O) groups is 2. The van der Waals surface area contributed by atoms with Crippen molar-refractivity contribution in [3.63, 3.8) is 0 Å². The number of benzene rings is 1. The third kappa shape index (κ3) is 2.97. The van der Waals surface area contributed by atoms with E-state index in [9.17, 15) is 9.59 Å². The van der Waals surface area contributed by atoms with Gasteiger partial charge in [0.25, 0.3) is 5.91 Å². The van der Waals surface area contributed by atoms with Gasteiger partial charge in [0.15, 0.2) is 0 Å². The molecule has 1 saturated heterocycles. The lowest BCUT2D eigenvalue weighted by atomic mass is 9.91. The van der Waals surface area contributed by atoms with Crippen molar-refractivity contribution in [2.24, 2.45) is 0 Å². The number of thioether (sulfide) groups is 1. The third-order valence-electron chi connectivity index (χ3n) is 4.09. The number of nitrogens with one attached hydrogen (secondary N) is 3. The summed E-state index contributed by atoms with van der Waals surface area (Å²) in [4.78, 5) is 25.1. The number of fused-ring (bicyclic) bond motifs is 1. The summed E-state index contributed by atoms with van der Waals surface area (Å²) in [6.07, 6.45) is 1.29. The third-order valence-corrected chi connectivity index (χ3v) is 5.16. The van der Waals surface area contributed by atoms with Gasteiger partial charge in [-0.25, -0.2) is 0 Å². The molecule has 118 valence electrons. The van der Waals surface area contributed by atoms with E-state index in [0.29, 0.717) is 24.3 Å². The molecule has 0 atom stereocenters. The first-order valence-corrected chi connectivity index (χ1v) is 8.25. The summed E-state index contributed by atoms with van der Waals surface area (Å²) in [6.45, 7) is 1.52. The Balaban J connectivity index is 1.76. The zero-order chi connectivity index (χ0) is 15.6. The molecular weight excluding hydrogens is 302 g/mol. The Morgan fingerprint density at radius 1 is 1.36 bits per heavy atom. The maximum absolute atomic E-state index is 12.6. The fraction of sp³-hybridized carbons (Fsp3) is 0.467. The Morgan fingerprint density at radius 3 is 2.86 bits per heavy atom. The maximum atomic E-state index is 12.6. The highest BCUT2D eigenvalue weighted by molar-refractivity contribution is 8.00. The van der Waals surface area contributed by atoms with Gasteiger partial charge in [-0.15, -0.1) is 11.8 Å². The summed E-state index contributed by atoms with van der Waals surface area (Å²) >= 11 is 1.50. The van der Waals surface area contributed by atoms with Gasteiger partial charge in [-0.05, 0) is 44.1 Å². The monoisotopic (exact) mass is 321 g/mol. The molecule has 2 amide bonds. The van der Waals surface area contributed by atoms with Crippen molar-refractivity contribution in [2.45, 2.75) is 23.3 Å². The van der Waals surface area contributed by atoms with Crippen LogP contribution >= 0.6 is 11.8 Å². The molecule has 0 aromatic heterocycles. The number of amides is 2. The van der Waals surface area contributed by atoms with Crippen LogP contribution in [0.25, 0.3) is 0 Å². The molecule has 3 rings (SSSR count). The molecular formula is C15H19N3O3S. The quantitative estimate of drug-likeness (QED) is 0.785. The summed E-state index contributed by atoms with van der Waals surface area (Å²) in [7, 11) is 1.58. The highest BCUT2D eigenvalue weighted by Gasteiger charge is 2.39. The largest absolute Gasteiger partial charge is 0.368 e. The van der Waals surface area contributed by atoms with Crippen molar-refractivity contribution < 1.29 is 14.3 Å². The average molecular weight is 321 g/mol. The topological polar surface area (TPSA) is 79.5 Å². The van der Waals surface area contributed by atoms with Gasteiger partial charge in [0, 0.05) is 17.7 Å². The van der Waals surface area contributed by atoms with E-state index in [-0.39, 0.29) is 11.8 Å². The molecule has 2 aliphatic rings. The highest BCUT2D eigenvalue weighted by Crippen LogP contribution is 2.34. The van der Waals surface area contributed by atoms with E-state index in [2.05, 4.69) is 16.0 Å². The van der Waals surface area contributed by atoms with Crippen molar-refractivity contribution in [2.75, 3.05) is 36.6 Å². The van der Waals surface area contributed by atoms with Crippen LogP contribution < -0.4 is 16.0 Å². The molecule has 6 nitrogen and oxygen atoms in total. The minimum atomic E-state index is -0.779. The molecule has 1 aromatic carbocycles. The highest BCUT2D eigenvalue weighted by atomic mass is 32.2. The molecule has 0 aliphatic carbocycles. The summed E-state index contributed by atoms with van der Waals surface area (Å²) < 4.78 is 5.52. The molecule has 22 heavy (non-hydrogen) atoms. The minimum absolute atomic E-state index is 0.0207. The van der Waals surface area contributed by atoms with E-state index in [1.807, 2.05) is 12.1 Å². The SMILES string of the molecule is COC1(C(=O)Nc2ccc3c(c2)NC(=O)CS3)CCNCC1. The Morgan fingerprint density at radius 2 is 2.14 bits per heavy atom. The van der Waals surface area contributed by atoms with E-state index >= 15 is 0 Å². The molecule has 1 fully saturated rings. The Kier molecular flexibility index (Phi) is 4.37. The number of rotatable bonds is 3. The number of carbonyl (C=O) groups excluding carboxylic acids is 2. The Bertz CT molecular complexity index is 600. The van der Waals surface area contributed by atoms with Crippen molar-refractivity contribution in [3.8, 4) is 0 Å². The van der Waals surface area contributed by atoms with Gasteiger partial charge in [-0.3, -0.25) is 9.59 Å². The van der Waals surface area contributed by atoms with Crippen LogP contribution in [0.2, 0.25) is 0 Å². The second-order valence-electron chi connectivity index (χ2n) is 5.45. The number of piperidine rings is 1. The van der Waals surface area contributed by atoms with Gasteiger partial charge < -0.3 is 20.7 Å². The lowest BCUT2D eigenvalue weighted by molar-refractivity contribution is -0.140. The predicted molar refractivity (Wildman–Crippen MR) is 86.3 cm³/mol. The van der Waals surface area contributed by atoms with Gasteiger partial charge >= 0.3 is 0 Å². The van der Waals surface area contributed by atoms with Gasteiger partial charge in [0.1, 0.15) is 5.60 Å². The molecule has 0 bridgehead atoms. The van der Waals surface area contributed by atoms with Gasteiger partial charge in [0.05, 0.1) is 11.4 Å². The molecule has 7 heteroatoms. The Labute approximate surface area is 133 Å². The molecule has 3 N–H and O–H groups in total. The number of hydrogen-bond donors (Lipinski definition) is 3. The molecule has 0 saturated carbocycles. The first-order valence-electron chi connectivity index (χ1n) is 7.27. The van der Waals surface area contributed by atoms with E-state index in [1.165, 1.54) is 11.8 Å². The van der Waals surface area contributed by atoms with E-state index in [0.717, 1.165) is 23.7 Å². The zero-order valence-electron chi connectivity index (χ0n) is 12.4. The van der Waals surface area contributed by atoms with Crippen molar-refractivity contribution in [1.82, 2.24) is 5.32 Å². The number of ether oxygens (including phenoxy) is 1. The zero-order valence-corrected chi connectivity index (χ0v) is 13.2. The van der Waals surface area contributed by atoms with Crippen molar-refractivity contribution >= 4 is 35.0 Å². The van der Waals surface area contributed by atoms with Gasteiger partial charge in [0.2, 0.25) is 5.91 Å². The summed E-state index contributed by atoms with van der Waals surface area (Å²) in [5.41, 5.74) is 0.636. The van der Waals surface area contributed by atoms with Crippen LogP contribution in [0.1, 0.15) is 12.8 Å². The second kappa shape index (κ2) is 6.28. The van der Waals surface area contributed by atoms with E-state index < -0.39 is 5.60 Å². The predicted octanol–water partition coefficient (Wildman–Crippen LogP) is 1.44. The van der Waals surface area contributed by atoms with Crippen LogP contribution in [0.15, 0.2) is 23.1 Å². The normalized spacial score (nSPS) is 20.0. The molecule has 2 aliphatic heterocycles. The second-order valence-corrected chi connectivity index (χ2v) is 6.47. The first kappa shape index (κ1) is 15.3. The first-order chi connectivity index (χ1) is 10.6. The molecule has 1 aromatic rings. The lowest BCUT2D eigenvalue weighted by Gasteiger charge is -2.34. The number of anilines is 2. The molecule has 0 radical (unpaired) electrons. The minimum Gasteiger partial charge on any atom is -0.368 e. The van der Waals surface area contributed by atoms with Crippen molar-refractivity contribution in [3.05, 3.63) is 18.2 Å². The van der Waals surface area contributed by atoms with Crippen molar-refractivity contribution in [1.29, 1.82) is 0 Å². The van der Waals surface area contributed by atoms with E-state index in [1.54, 1.807) is 13.2 Å². The van der Waals surface area contributed by atoms with Crippen LogP contribution in [0.4, 0.5) is 11.4 Å². The van der Waals surface area contributed by atoms with Gasteiger partial charge in [-0.2, -0.15) is 0 Å². The van der Waals surface area contributed by atoms with Crippen LogP contribution in [0.3, 0.4) is 0 Å². The lowest BCUT2D eigenvalue weighted by Crippen LogP contribution is -2.51. The van der Waals surface area contributed by atoms with Crippen LogP contribution in [0, 0.1) is 0 Å². The smallest absolute Gasteiger partial charge is 0.256 e. The van der Waals surface area contributed by atoms with Gasteiger partial charge in [-0.1, -0.05) is 0 Å².